The summed E-state index contributed by atoms with van der Waals surface area (Å²) < 4.78 is 29.0. The van der Waals surface area contributed by atoms with Crippen molar-refractivity contribution in [3.63, 3.8) is 0 Å². The van der Waals surface area contributed by atoms with Crippen LogP contribution in [-0.4, -0.2) is 114 Å². The highest BCUT2D eigenvalue weighted by atomic mass is 16.8. The largest absolute Gasteiger partial charge is 0.508 e. The number of phenolic OH excluding ortho intramolecular Hbond substituents is 3. The van der Waals surface area contributed by atoms with Gasteiger partial charge in [0.2, 0.25) is 12.0 Å². The molecule has 0 saturated carbocycles. The molecule has 2 saturated heterocycles. The van der Waals surface area contributed by atoms with E-state index in [1.54, 1.807) is 0 Å². The minimum Gasteiger partial charge on any atom is -0.508 e. The van der Waals surface area contributed by atoms with Crippen LogP contribution in [0.1, 0.15) is 6.92 Å². The lowest BCUT2D eigenvalue weighted by molar-refractivity contribution is -0.354. The summed E-state index contributed by atoms with van der Waals surface area (Å²) in [6.45, 7) is 0.710. The van der Waals surface area contributed by atoms with Crippen LogP contribution in [0.4, 0.5) is 0 Å². The summed E-state index contributed by atoms with van der Waals surface area (Å²) in [6.07, 6.45) is -15.4. The molecule has 9 N–H and O–H groups in total. The summed E-state index contributed by atoms with van der Waals surface area (Å²) in [7, 11) is 0. The summed E-state index contributed by atoms with van der Waals surface area (Å²) in [6, 6.07) is 9.46. The Labute approximate surface area is 232 Å². The van der Waals surface area contributed by atoms with E-state index in [4.69, 9.17) is 23.4 Å². The Morgan fingerprint density at radius 1 is 0.780 bits per heavy atom. The summed E-state index contributed by atoms with van der Waals surface area (Å²) in [5.41, 5.74) is 0.450. The Kier molecular flexibility index (Phi) is 8.20. The molecule has 0 aliphatic carbocycles. The molecule has 14 nitrogen and oxygen atoms in total. The van der Waals surface area contributed by atoms with Gasteiger partial charge in [0.25, 0.3) is 0 Å². The van der Waals surface area contributed by atoms with Crippen LogP contribution in [0.2, 0.25) is 0 Å². The highest BCUT2D eigenvalue weighted by molar-refractivity contribution is 5.88. The molecule has 222 valence electrons. The zero-order chi connectivity index (χ0) is 29.6. The molecule has 3 heterocycles. The third-order valence-corrected chi connectivity index (χ3v) is 7.11. The Bertz CT molecular complexity index is 1370. The van der Waals surface area contributed by atoms with Crippen LogP contribution in [0.25, 0.3) is 22.3 Å². The molecule has 2 fully saturated rings. The Hall–Kier alpha value is -3.31. The number of hydrogen-bond donors (Lipinski definition) is 9. The molecule has 0 unspecified atom stereocenters. The molecule has 2 aliphatic rings. The van der Waals surface area contributed by atoms with Crippen LogP contribution in [0.3, 0.4) is 0 Å². The van der Waals surface area contributed by atoms with Crippen molar-refractivity contribution in [3.05, 3.63) is 42.5 Å². The maximum atomic E-state index is 10.9. The monoisotopic (exact) mass is 579 g/mol. The van der Waals surface area contributed by atoms with Gasteiger partial charge in [0.15, 0.2) is 12.4 Å². The van der Waals surface area contributed by atoms with Gasteiger partial charge >= 0.3 is 11.3 Å². The maximum absolute atomic E-state index is 10.9. The van der Waals surface area contributed by atoms with Crippen molar-refractivity contribution in [2.24, 2.45) is 0 Å². The van der Waals surface area contributed by atoms with E-state index in [1.165, 1.54) is 43.3 Å². The topological polar surface area (TPSA) is 230 Å². The first kappa shape index (κ1) is 29.2. The predicted octanol–water partition coefficient (Wildman–Crippen LogP) is -0.472. The molecular formula is C27H31O14+. The summed E-state index contributed by atoms with van der Waals surface area (Å²) in [5.74, 6) is -0.716. The molecule has 0 radical (unpaired) electrons. The number of aliphatic hydroxyl groups is 6. The second kappa shape index (κ2) is 11.5. The van der Waals surface area contributed by atoms with Gasteiger partial charge in [0, 0.05) is 12.1 Å². The van der Waals surface area contributed by atoms with E-state index in [1.807, 2.05) is 0 Å². The second-order valence-electron chi connectivity index (χ2n) is 9.97. The minimum absolute atomic E-state index is 0.0344. The van der Waals surface area contributed by atoms with Crippen LogP contribution in [-0.2, 0) is 14.2 Å². The van der Waals surface area contributed by atoms with Gasteiger partial charge < -0.3 is 64.9 Å². The zero-order valence-corrected chi connectivity index (χ0v) is 21.6. The molecule has 10 atom stereocenters. The van der Waals surface area contributed by atoms with Crippen molar-refractivity contribution in [3.8, 4) is 34.3 Å². The van der Waals surface area contributed by atoms with Gasteiger partial charge in [-0.15, -0.1) is 0 Å². The van der Waals surface area contributed by atoms with Crippen molar-refractivity contribution in [1.82, 2.24) is 0 Å². The van der Waals surface area contributed by atoms with Crippen molar-refractivity contribution in [2.45, 2.75) is 68.3 Å². The molecule has 2 aliphatic heterocycles. The van der Waals surface area contributed by atoms with Crippen LogP contribution in [0, 0.1) is 0 Å². The zero-order valence-electron chi connectivity index (χ0n) is 21.6. The SMILES string of the molecule is C[C@@H]1O[C@@H](O[C@H]2[C@H](Oc3cc4c(O)cc(O)cc4[o+]c3-c3ccc(O)cc3)O[C@H](CO)[C@@H](O)[C@@H]2O)[C@H](O)[C@H](O)[C@H]1O. The van der Waals surface area contributed by atoms with Gasteiger partial charge in [-0.1, -0.05) is 0 Å². The fourth-order valence-electron chi connectivity index (χ4n) is 4.79. The number of aromatic hydroxyl groups is 3. The molecule has 41 heavy (non-hydrogen) atoms. The number of rotatable bonds is 6. The van der Waals surface area contributed by atoms with Crippen LogP contribution in [0.15, 0.2) is 46.9 Å². The molecule has 0 amide bonds. The van der Waals surface area contributed by atoms with Gasteiger partial charge in [-0.05, 0) is 31.2 Å². The molecule has 2 aromatic carbocycles. The lowest BCUT2D eigenvalue weighted by Crippen LogP contribution is -2.64. The molecule has 1 aromatic heterocycles. The minimum atomic E-state index is -1.76. The van der Waals surface area contributed by atoms with Crippen molar-refractivity contribution in [2.75, 3.05) is 6.61 Å². The number of benzene rings is 2. The van der Waals surface area contributed by atoms with E-state index in [0.717, 1.165) is 6.07 Å². The van der Waals surface area contributed by atoms with Gasteiger partial charge in [-0.25, -0.2) is 4.42 Å². The normalized spacial score (nSPS) is 34.0. The first-order valence-electron chi connectivity index (χ1n) is 12.7. The van der Waals surface area contributed by atoms with Gasteiger partial charge in [-0.3, -0.25) is 0 Å². The highest BCUT2D eigenvalue weighted by Gasteiger charge is 2.51. The first-order chi connectivity index (χ1) is 19.5. The average Bonchev–Trinajstić information content (AvgIpc) is 2.94. The van der Waals surface area contributed by atoms with E-state index in [0.29, 0.717) is 5.56 Å². The molecule has 0 bridgehead atoms. The lowest BCUT2D eigenvalue weighted by Gasteiger charge is -2.45. The molecule has 3 aromatic rings. The van der Waals surface area contributed by atoms with Crippen LogP contribution < -0.4 is 4.74 Å². The Balaban J connectivity index is 1.55. The van der Waals surface area contributed by atoms with Crippen LogP contribution in [0.5, 0.6) is 23.0 Å². The summed E-state index contributed by atoms with van der Waals surface area (Å²) in [4.78, 5) is 0. The van der Waals surface area contributed by atoms with Crippen LogP contribution >= 0.6 is 0 Å². The first-order valence-corrected chi connectivity index (χ1v) is 12.7. The Morgan fingerprint density at radius 2 is 1.49 bits per heavy atom. The van der Waals surface area contributed by atoms with Crippen molar-refractivity contribution in [1.29, 1.82) is 0 Å². The standard InChI is InChI=1S/C27H30O14/c1-10-19(32)21(34)23(36)26(37-10)41-25-22(35)20(33)18(9-28)40-27(25)39-17-8-14-15(31)6-13(30)7-16(14)38-24(17)11-2-4-12(29)5-3-11/h2-8,10,18-23,25-28,32-36H,9H2,1H3,(H2-,29,30,31)/p+1/t10-,18+,19-,20+,21+,22-,23+,25+,26-,27+/m0/s1. The molecule has 0 spiro atoms. The predicted molar refractivity (Wildman–Crippen MR) is 137 cm³/mol. The smallest absolute Gasteiger partial charge is 0.402 e. The number of aliphatic hydroxyl groups excluding tert-OH is 6. The highest BCUT2D eigenvalue weighted by Crippen LogP contribution is 2.41. The van der Waals surface area contributed by atoms with Gasteiger partial charge in [0.1, 0.15) is 59.3 Å². The van der Waals surface area contributed by atoms with E-state index < -0.39 is 68.0 Å². The van der Waals surface area contributed by atoms with Gasteiger partial charge in [0.05, 0.1) is 24.3 Å². The van der Waals surface area contributed by atoms with Crippen molar-refractivity contribution < 1.29 is 69.3 Å². The number of ether oxygens (including phenoxy) is 4. The Morgan fingerprint density at radius 3 is 2.17 bits per heavy atom. The number of phenols is 3. The summed E-state index contributed by atoms with van der Waals surface area (Å²) in [5, 5.41) is 92.2. The third-order valence-electron chi connectivity index (χ3n) is 7.11. The number of hydrogen-bond acceptors (Lipinski definition) is 13. The average molecular weight is 580 g/mol. The fourth-order valence-corrected chi connectivity index (χ4v) is 4.79. The van der Waals surface area contributed by atoms with E-state index >= 15 is 0 Å². The van der Waals surface area contributed by atoms with E-state index in [2.05, 4.69) is 0 Å². The molecule has 5 rings (SSSR count). The second-order valence-corrected chi connectivity index (χ2v) is 9.97. The fraction of sp³-hybridized carbons (Fsp3) is 0.444. The van der Waals surface area contributed by atoms with Gasteiger partial charge in [-0.2, -0.15) is 0 Å². The third kappa shape index (κ3) is 5.61. The quantitative estimate of drug-likeness (QED) is 0.168. The van der Waals surface area contributed by atoms with Crippen molar-refractivity contribution >= 4 is 11.0 Å². The molecular weight excluding hydrogens is 548 g/mol. The van der Waals surface area contributed by atoms with E-state index in [9.17, 15) is 46.0 Å². The maximum Gasteiger partial charge on any atom is 0.402 e. The molecule has 14 heteroatoms. The lowest BCUT2D eigenvalue weighted by atomic mass is 9.97. The summed E-state index contributed by atoms with van der Waals surface area (Å²) >= 11 is 0. The number of fused-ring (bicyclic) bond motifs is 1. The van der Waals surface area contributed by atoms with E-state index in [-0.39, 0.29) is 39.7 Å².